The van der Waals surface area contributed by atoms with Crippen LogP contribution in [0.2, 0.25) is 0 Å². The number of amides is 3. The van der Waals surface area contributed by atoms with Crippen LogP contribution >= 0.6 is 0 Å². The van der Waals surface area contributed by atoms with Gasteiger partial charge in [-0.05, 0) is 5.56 Å². The first-order chi connectivity index (χ1) is 9.52. The van der Waals surface area contributed by atoms with Gasteiger partial charge in [-0.25, -0.2) is 0 Å². The second-order valence-corrected chi connectivity index (χ2v) is 4.33. The molecule has 108 valence electrons. The van der Waals surface area contributed by atoms with Gasteiger partial charge in [0, 0.05) is 13.3 Å². The zero-order valence-electron chi connectivity index (χ0n) is 11.3. The second-order valence-electron chi connectivity index (χ2n) is 4.33. The van der Waals surface area contributed by atoms with E-state index in [1.54, 1.807) is 0 Å². The summed E-state index contributed by atoms with van der Waals surface area (Å²) < 4.78 is 0. The lowest BCUT2D eigenvalue weighted by Gasteiger charge is -2.17. The number of carbonyl (C=O) groups excluding carboxylic acids is 3. The lowest BCUT2D eigenvalue weighted by atomic mass is 10.1. The number of hydrogen-bond donors (Lipinski definition) is 3. The van der Waals surface area contributed by atoms with Crippen molar-refractivity contribution >= 4 is 17.7 Å². The SMILES string of the molecule is CC(=O)N[C@@H](Cc1ccccc1)C(=O)NC(=O)CCO. The Kier molecular flexibility index (Phi) is 6.39. The van der Waals surface area contributed by atoms with Crippen LogP contribution in [0.1, 0.15) is 18.9 Å². The minimum atomic E-state index is -0.822. The summed E-state index contributed by atoms with van der Waals surface area (Å²) in [4.78, 5) is 34.4. The summed E-state index contributed by atoms with van der Waals surface area (Å²) in [6.45, 7) is 0.976. The molecule has 0 saturated heterocycles. The number of aliphatic hydroxyl groups is 1. The topological polar surface area (TPSA) is 95.5 Å². The quantitative estimate of drug-likeness (QED) is 0.669. The largest absolute Gasteiger partial charge is 0.396 e. The molecule has 6 nitrogen and oxygen atoms in total. The van der Waals surface area contributed by atoms with Gasteiger partial charge >= 0.3 is 0 Å². The summed E-state index contributed by atoms with van der Waals surface area (Å²) in [6, 6.07) is 8.35. The molecule has 3 amide bonds. The smallest absolute Gasteiger partial charge is 0.249 e. The molecule has 0 radical (unpaired) electrons. The van der Waals surface area contributed by atoms with E-state index in [1.165, 1.54) is 6.92 Å². The maximum Gasteiger partial charge on any atom is 0.249 e. The summed E-state index contributed by atoms with van der Waals surface area (Å²) in [7, 11) is 0. The van der Waals surface area contributed by atoms with E-state index in [9.17, 15) is 14.4 Å². The van der Waals surface area contributed by atoms with E-state index in [-0.39, 0.29) is 18.9 Å². The van der Waals surface area contributed by atoms with Crippen LogP contribution in [0.25, 0.3) is 0 Å². The number of nitrogens with one attached hydrogen (secondary N) is 2. The second kappa shape index (κ2) is 8.06. The monoisotopic (exact) mass is 278 g/mol. The van der Waals surface area contributed by atoms with Crippen molar-refractivity contribution in [2.75, 3.05) is 6.61 Å². The predicted octanol–water partition coefficient (Wildman–Crippen LogP) is -0.241. The molecule has 3 N–H and O–H groups in total. The van der Waals surface area contributed by atoms with E-state index in [2.05, 4.69) is 10.6 Å². The first kappa shape index (κ1) is 15.8. The highest BCUT2D eigenvalue weighted by Gasteiger charge is 2.21. The van der Waals surface area contributed by atoms with Gasteiger partial charge in [-0.1, -0.05) is 30.3 Å². The van der Waals surface area contributed by atoms with Crippen LogP contribution in [0.5, 0.6) is 0 Å². The molecular weight excluding hydrogens is 260 g/mol. The van der Waals surface area contributed by atoms with Gasteiger partial charge in [0.2, 0.25) is 17.7 Å². The maximum atomic E-state index is 11.9. The lowest BCUT2D eigenvalue weighted by molar-refractivity contribution is -0.134. The Bertz CT molecular complexity index is 473. The standard InChI is InChI=1S/C14H18N2O4/c1-10(18)15-12(9-11-5-3-2-4-6-11)14(20)16-13(19)7-8-17/h2-6,12,17H,7-9H2,1H3,(H,15,18)(H,16,19,20)/t12-/m0/s1. The van der Waals surface area contributed by atoms with Crippen LogP contribution < -0.4 is 10.6 Å². The van der Waals surface area contributed by atoms with Gasteiger partial charge in [0.05, 0.1) is 13.0 Å². The summed E-state index contributed by atoms with van der Waals surface area (Å²) in [5.41, 5.74) is 0.871. The minimum absolute atomic E-state index is 0.149. The normalized spacial score (nSPS) is 11.5. The number of benzene rings is 1. The fraction of sp³-hybridized carbons (Fsp3) is 0.357. The summed E-state index contributed by atoms with van der Waals surface area (Å²) in [5, 5.41) is 13.3. The average Bonchev–Trinajstić information content (AvgIpc) is 2.38. The van der Waals surface area contributed by atoms with Crippen LogP contribution in [0, 0.1) is 0 Å². The van der Waals surface area contributed by atoms with Crippen molar-refractivity contribution in [1.82, 2.24) is 10.6 Å². The third-order valence-corrected chi connectivity index (χ3v) is 2.58. The van der Waals surface area contributed by atoms with E-state index in [0.29, 0.717) is 6.42 Å². The molecule has 6 heteroatoms. The molecule has 1 rings (SSSR count). The molecule has 0 heterocycles. The Morgan fingerprint density at radius 3 is 2.40 bits per heavy atom. The third-order valence-electron chi connectivity index (χ3n) is 2.58. The van der Waals surface area contributed by atoms with Gasteiger partial charge in [0.1, 0.15) is 6.04 Å². The first-order valence-electron chi connectivity index (χ1n) is 6.28. The fourth-order valence-corrected chi connectivity index (χ4v) is 1.69. The highest BCUT2D eigenvalue weighted by Crippen LogP contribution is 2.03. The molecule has 0 unspecified atom stereocenters. The van der Waals surface area contributed by atoms with Crippen molar-refractivity contribution in [2.24, 2.45) is 0 Å². The van der Waals surface area contributed by atoms with Crippen LogP contribution in [0.15, 0.2) is 30.3 Å². The lowest BCUT2D eigenvalue weighted by Crippen LogP contribution is -2.49. The van der Waals surface area contributed by atoms with E-state index in [0.717, 1.165) is 5.56 Å². The molecule has 0 aliphatic carbocycles. The number of aliphatic hydroxyl groups excluding tert-OH is 1. The number of rotatable bonds is 6. The van der Waals surface area contributed by atoms with Gasteiger partial charge in [0.25, 0.3) is 0 Å². The van der Waals surface area contributed by atoms with Crippen molar-refractivity contribution < 1.29 is 19.5 Å². The van der Waals surface area contributed by atoms with Crippen LogP contribution in [-0.2, 0) is 20.8 Å². The average molecular weight is 278 g/mol. The molecule has 1 aromatic rings. The Morgan fingerprint density at radius 2 is 1.85 bits per heavy atom. The third kappa shape index (κ3) is 5.62. The van der Waals surface area contributed by atoms with Crippen molar-refractivity contribution in [1.29, 1.82) is 0 Å². The fourth-order valence-electron chi connectivity index (χ4n) is 1.69. The van der Waals surface area contributed by atoms with Gasteiger partial charge in [0.15, 0.2) is 0 Å². The molecule has 0 bridgehead atoms. The van der Waals surface area contributed by atoms with Crippen molar-refractivity contribution in [2.45, 2.75) is 25.8 Å². The van der Waals surface area contributed by atoms with E-state index < -0.39 is 17.9 Å². The van der Waals surface area contributed by atoms with Crippen LogP contribution in [-0.4, -0.2) is 35.5 Å². The molecular formula is C14H18N2O4. The zero-order valence-corrected chi connectivity index (χ0v) is 11.3. The van der Waals surface area contributed by atoms with E-state index in [4.69, 9.17) is 5.11 Å². The highest BCUT2D eigenvalue weighted by atomic mass is 16.3. The van der Waals surface area contributed by atoms with Crippen LogP contribution in [0.4, 0.5) is 0 Å². The van der Waals surface area contributed by atoms with Crippen LogP contribution in [0.3, 0.4) is 0 Å². The number of carbonyl (C=O) groups is 3. The highest BCUT2D eigenvalue weighted by molar-refractivity contribution is 5.99. The number of hydrogen-bond acceptors (Lipinski definition) is 4. The molecule has 20 heavy (non-hydrogen) atoms. The van der Waals surface area contributed by atoms with Crippen molar-refractivity contribution in [3.63, 3.8) is 0 Å². The molecule has 0 saturated carbocycles. The molecule has 1 aromatic carbocycles. The van der Waals surface area contributed by atoms with Crippen molar-refractivity contribution in [3.05, 3.63) is 35.9 Å². The van der Waals surface area contributed by atoms with E-state index >= 15 is 0 Å². The Balaban J connectivity index is 2.70. The Morgan fingerprint density at radius 1 is 1.20 bits per heavy atom. The van der Waals surface area contributed by atoms with Gasteiger partial charge in [-0.3, -0.25) is 19.7 Å². The molecule has 0 aliphatic heterocycles. The first-order valence-corrected chi connectivity index (χ1v) is 6.28. The van der Waals surface area contributed by atoms with Crippen molar-refractivity contribution in [3.8, 4) is 0 Å². The van der Waals surface area contributed by atoms with Gasteiger partial charge in [-0.15, -0.1) is 0 Å². The van der Waals surface area contributed by atoms with Gasteiger partial charge in [-0.2, -0.15) is 0 Å². The Labute approximate surface area is 117 Å². The Hall–Kier alpha value is -2.21. The molecule has 0 aromatic heterocycles. The zero-order chi connectivity index (χ0) is 15.0. The molecule has 0 aliphatic rings. The summed E-state index contributed by atoms with van der Waals surface area (Å²) in [5.74, 6) is -1.50. The molecule has 0 spiro atoms. The van der Waals surface area contributed by atoms with Gasteiger partial charge < -0.3 is 10.4 Å². The maximum absolute atomic E-state index is 11.9. The molecule has 0 fully saturated rings. The minimum Gasteiger partial charge on any atom is -0.396 e. The predicted molar refractivity (Wildman–Crippen MR) is 72.6 cm³/mol. The molecule has 1 atom stereocenters. The summed E-state index contributed by atoms with van der Waals surface area (Å²) >= 11 is 0. The number of imide groups is 1. The summed E-state index contributed by atoms with van der Waals surface area (Å²) in [6.07, 6.45) is 0.141. The van der Waals surface area contributed by atoms with E-state index in [1.807, 2.05) is 30.3 Å².